The fourth-order valence-corrected chi connectivity index (χ4v) is 3.62. The Balaban J connectivity index is 2.01. The average molecular weight is 309 g/mol. The number of benzene rings is 2. The van der Waals surface area contributed by atoms with Gasteiger partial charge in [0.1, 0.15) is 0 Å². The summed E-state index contributed by atoms with van der Waals surface area (Å²) in [6.45, 7) is 0. The molecule has 0 bridgehead atoms. The highest BCUT2D eigenvalue weighted by Gasteiger charge is 2.14. The van der Waals surface area contributed by atoms with E-state index in [2.05, 4.69) is 33.8 Å². The molecule has 2 aromatic carbocycles. The van der Waals surface area contributed by atoms with Crippen molar-refractivity contribution in [3.05, 3.63) is 64.7 Å². The zero-order chi connectivity index (χ0) is 14.2. The highest BCUT2D eigenvalue weighted by atomic mass is 32.1. The summed E-state index contributed by atoms with van der Waals surface area (Å²) in [7, 11) is 0. The molecule has 2 aromatic heterocycles. The molecule has 0 atom stereocenters. The Kier molecular flexibility index (Phi) is 2.94. The average Bonchev–Trinajstić information content (AvgIpc) is 3.11. The SMILES string of the molecule is S=c1[nH]nc(-c2csc3ccccc23)n1-c1ccccc1. The zero-order valence-corrected chi connectivity index (χ0v) is 12.6. The molecule has 0 amide bonds. The predicted molar refractivity (Wildman–Crippen MR) is 89.6 cm³/mol. The number of H-pyrrole nitrogens is 1. The quantitative estimate of drug-likeness (QED) is 0.539. The van der Waals surface area contributed by atoms with Gasteiger partial charge < -0.3 is 0 Å². The summed E-state index contributed by atoms with van der Waals surface area (Å²) in [5, 5.41) is 10.7. The van der Waals surface area contributed by atoms with Crippen LogP contribution in [0.2, 0.25) is 0 Å². The number of nitrogens with zero attached hydrogens (tertiary/aromatic N) is 2. The zero-order valence-electron chi connectivity index (χ0n) is 11.0. The highest BCUT2D eigenvalue weighted by molar-refractivity contribution is 7.71. The standard InChI is InChI=1S/C16H11N3S2/c20-16-18-17-15(19(16)11-6-2-1-3-7-11)13-10-21-14-9-5-4-8-12(13)14/h1-10H,(H,18,20). The van der Waals surface area contributed by atoms with E-state index in [0.29, 0.717) is 4.77 Å². The van der Waals surface area contributed by atoms with Gasteiger partial charge in [-0.2, -0.15) is 5.10 Å². The van der Waals surface area contributed by atoms with Crippen LogP contribution < -0.4 is 0 Å². The Labute approximate surface area is 130 Å². The topological polar surface area (TPSA) is 33.6 Å². The van der Waals surface area contributed by atoms with Gasteiger partial charge in [0.2, 0.25) is 0 Å². The molecule has 0 aliphatic rings. The van der Waals surface area contributed by atoms with Crippen LogP contribution in [0.25, 0.3) is 27.2 Å². The first-order chi connectivity index (χ1) is 10.3. The molecule has 2 heterocycles. The van der Waals surface area contributed by atoms with Crippen molar-refractivity contribution in [1.82, 2.24) is 14.8 Å². The van der Waals surface area contributed by atoms with E-state index in [1.807, 2.05) is 41.0 Å². The summed E-state index contributed by atoms with van der Waals surface area (Å²) in [5.41, 5.74) is 2.12. The van der Waals surface area contributed by atoms with Gasteiger partial charge in [0.15, 0.2) is 10.6 Å². The minimum Gasteiger partial charge on any atom is -0.268 e. The molecular formula is C16H11N3S2. The maximum Gasteiger partial charge on any atom is 0.200 e. The van der Waals surface area contributed by atoms with Crippen LogP contribution in [0.15, 0.2) is 60.0 Å². The van der Waals surface area contributed by atoms with Crippen molar-refractivity contribution in [2.75, 3.05) is 0 Å². The maximum absolute atomic E-state index is 5.40. The van der Waals surface area contributed by atoms with Gasteiger partial charge >= 0.3 is 0 Å². The smallest absolute Gasteiger partial charge is 0.200 e. The van der Waals surface area contributed by atoms with E-state index in [1.165, 1.54) is 10.1 Å². The fraction of sp³-hybridized carbons (Fsp3) is 0. The molecule has 102 valence electrons. The van der Waals surface area contributed by atoms with Crippen molar-refractivity contribution < 1.29 is 0 Å². The summed E-state index contributed by atoms with van der Waals surface area (Å²) in [4.78, 5) is 0. The number of thiophene rings is 1. The van der Waals surface area contributed by atoms with E-state index in [4.69, 9.17) is 12.2 Å². The number of nitrogens with one attached hydrogen (secondary N) is 1. The van der Waals surface area contributed by atoms with Gasteiger partial charge in [-0.05, 0) is 30.4 Å². The molecule has 0 fully saturated rings. The summed E-state index contributed by atoms with van der Waals surface area (Å²) >= 11 is 7.12. The monoisotopic (exact) mass is 309 g/mol. The van der Waals surface area contributed by atoms with Crippen LogP contribution in [0.3, 0.4) is 0 Å². The second kappa shape index (κ2) is 4.95. The lowest BCUT2D eigenvalue weighted by atomic mass is 10.1. The maximum atomic E-state index is 5.40. The lowest BCUT2D eigenvalue weighted by molar-refractivity contribution is 1.04. The van der Waals surface area contributed by atoms with Crippen LogP contribution in [0.5, 0.6) is 0 Å². The molecule has 0 radical (unpaired) electrons. The molecule has 3 nitrogen and oxygen atoms in total. The van der Waals surface area contributed by atoms with E-state index < -0.39 is 0 Å². The normalized spacial score (nSPS) is 11.0. The van der Waals surface area contributed by atoms with Crippen molar-refractivity contribution in [3.63, 3.8) is 0 Å². The van der Waals surface area contributed by atoms with Crippen LogP contribution in [-0.4, -0.2) is 14.8 Å². The minimum absolute atomic E-state index is 0.603. The van der Waals surface area contributed by atoms with Crippen molar-refractivity contribution in [1.29, 1.82) is 0 Å². The first-order valence-electron chi connectivity index (χ1n) is 6.54. The second-order valence-electron chi connectivity index (χ2n) is 4.67. The molecule has 0 unspecified atom stereocenters. The number of para-hydroxylation sites is 1. The third-order valence-corrected chi connectivity index (χ3v) is 4.65. The van der Waals surface area contributed by atoms with Crippen LogP contribution in [0, 0.1) is 4.77 Å². The number of aromatic amines is 1. The van der Waals surface area contributed by atoms with Gasteiger partial charge in [-0.3, -0.25) is 9.67 Å². The molecule has 4 rings (SSSR count). The van der Waals surface area contributed by atoms with Gasteiger partial charge in [-0.1, -0.05) is 36.4 Å². The fourth-order valence-electron chi connectivity index (χ4n) is 2.45. The first-order valence-corrected chi connectivity index (χ1v) is 7.83. The van der Waals surface area contributed by atoms with Crippen molar-refractivity contribution in [2.24, 2.45) is 0 Å². The molecular weight excluding hydrogens is 298 g/mol. The molecule has 0 spiro atoms. The number of fused-ring (bicyclic) bond motifs is 1. The van der Waals surface area contributed by atoms with E-state index >= 15 is 0 Å². The Morgan fingerprint density at radius 3 is 2.62 bits per heavy atom. The van der Waals surface area contributed by atoms with Crippen LogP contribution in [0.4, 0.5) is 0 Å². The van der Waals surface area contributed by atoms with E-state index in [-0.39, 0.29) is 0 Å². The molecule has 21 heavy (non-hydrogen) atoms. The molecule has 0 aliphatic carbocycles. The Hall–Kier alpha value is -2.24. The number of aromatic nitrogens is 3. The van der Waals surface area contributed by atoms with Crippen LogP contribution in [0.1, 0.15) is 0 Å². The first kappa shape index (κ1) is 12.5. The Morgan fingerprint density at radius 1 is 1.00 bits per heavy atom. The Morgan fingerprint density at radius 2 is 1.76 bits per heavy atom. The van der Waals surface area contributed by atoms with Crippen molar-refractivity contribution in [3.8, 4) is 17.1 Å². The third-order valence-electron chi connectivity index (χ3n) is 3.41. The predicted octanol–water partition coefficient (Wildman–Crippen LogP) is 4.81. The molecule has 4 aromatic rings. The Bertz CT molecular complexity index is 964. The van der Waals surface area contributed by atoms with Gasteiger partial charge in [0.25, 0.3) is 0 Å². The minimum atomic E-state index is 0.603. The van der Waals surface area contributed by atoms with Crippen molar-refractivity contribution in [2.45, 2.75) is 0 Å². The van der Waals surface area contributed by atoms with Gasteiger partial charge in [0.05, 0.1) is 0 Å². The summed E-state index contributed by atoms with van der Waals surface area (Å²) in [6.07, 6.45) is 0. The van der Waals surface area contributed by atoms with Crippen LogP contribution in [-0.2, 0) is 0 Å². The number of hydrogen-bond acceptors (Lipinski definition) is 3. The lowest BCUT2D eigenvalue weighted by Crippen LogP contribution is -1.96. The van der Waals surface area contributed by atoms with E-state index in [0.717, 1.165) is 17.1 Å². The molecule has 0 saturated carbocycles. The van der Waals surface area contributed by atoms with Crippen molar-refractivity contribution >= 4 is 33.6 Å². The van der Waals surface area contributed by atoms with E-state index in [1.54, 1.807) is 11.3 Å². The molecule has 1 N–H and O–H groups in total. The second-order valence-corrected chi connectivity index (χ2v) is 5.97. The van der Waals surface area contributed by atoms with Crippen LogP contribution >= 0.6 is 23.6 Å². The summed E-state index contributed by atoms with van der Waals surface area (Å²) in [6, 6.07) is 18.4. The van der Waals surface area contributed by atoms with Gasteiger partial charge in [0, 0.05) is 26.7 Å². The molecule has 0 saturated heterocycles. The summed E-state index contributed by atoms with van der Waals surface area (Å²) in [5.74, 6) is 0.851. The third kappa shape index (κ3) is 2.02. The lowest BCUT2D eigenvalue weighted by Gasteiger charge is -2.05. The van der Waals surface area contributed by atoms with Gasteiger partial charge in [-0.25, -0.2) is 0 Å². The molecule has 0 aliphatic heterocycles. The van der Waals surface area contributed by atoms with Gasteiger partial charge in [-0.15, -0.1) is 11.3 Å². The highest BCUT2D eigenvalue weighted by Crippen LogP contribution is 2.33. The number of hydrogen-bond donors (Lipinski definition) is 1. The van der Waals surface area contributed by atoms with E-state index in [9.17, 15) is 0 Å². The molecule has 5 heteroatoms. The largest absolute Gasteiger partial charge is 0.268 e. The summed E-state index contributed by atoms with van der Waals surface area (Å²) < 4.78 is 3.83. The number of rotatable bonds is 2.